The summed E-state index contributed by atoms with van der Waals surface area (Å²) in [4.78, 5) is 14.5. The molecule has 2 aromatic rings. The zero-order valence-electron chi connectivity index (χ0n) is 13.6. The number of carbonyl (C=O) groups excluding carboxylic acids is 1. The van der Waals surface area contributed by atoms with Crippen LogP contribution in [0.1, 0.15) is 36.4 Å². The minimum Gasteiger partial charge on any atom is -0.399 e. The zero-order valence-corrected chi connectivity index (χ0v) is 13.6. The summed E-state index contributed by atoms with van der Waals surface area (Å²) >= 11 is 0. The molecule has 1 aromatic heterocycles. The molecule has 0 radical (unpaired) electrons. The second-order valence-electron chi connectivity index (χ2n) is 6.33. The molecule has 1 aliphatic heterocycles. The van der Waals surface area contributed by atoms with Gasteiger partial charge in [0.1, 0.15) is 0 Å². The molecule has 2 heterocycles. The number of carbonyl (C=O) groups is 1. The number of aryl methyl sites for hydroxylation is 2. The largest absolute Gasteiger partial charge is 0.399 e. The summed E-state index contributed by atoms with van der Waals surface area (Å²) in [7, 11) is 0. The first-order valence-electron chi connectivity index (χ1n) is 8.25. The second kappa shape index (κ2) is 6.86. The maximum atomic E-state index is 12.5. The standard InChI is InChI=1S/C18H24N4O/c1-14-11-20-22(12-14)16-6-4-10-21(13-16)18(23)9-8-15-5-2-3-7-17(15)19/h2-3,5,7,11-12,16H,4,6,8-10,13,19H2,1H3. The van der Waals surface area contributed by atoms with Crippen LogP contribution in [0.2, 0.25) is 0 Å². The zero-order chi connectivity index (χ0) is 16.2. The Labute approximate surface area is 137 Å². The van der Waals surface area contributed by atoms with Crippen molar-refractivity contribution in [2.75, 3.05) is 18.8 Å². The summed E-state index contributed by atoms with van der Waals surface area (Å²) in [5, 5.41) is 4.40. The van der Waals surface area contributed by atoms with Crippen LogP contribution < -0.4 is 5.73 Å². The first-order valence-corrected chi connectivity index (χ1v) is 8.25. The maximum Gasteiger partial charge on any atom is 0.222 e. The van der Waals surface area contributed by atoms with Crippen LogP contribution in [0.15, 0.2) is 36.7 Å². The van der Waals surface area contributed by atoms with E-state index in [0.29, 0.717) is 18.9 Å². The molecule has 1 aromatic carbocycles. The molecule has 0 spiro atoms. The van der Waals surface area contributed by atoms with Crippen LogP contribution in [-0.2, 0) is 11.2 Å². The Morgan fingerprint density at radius 3 is 2.96 bits per heavy atom. The van der Waals surface area contributed by atoms with Gasteiger partial charge < -0.3 is 10.6 Å². The van der Waals surface area contributed by atoms with E-state index in [9.17, 15) is 4.79 Å². The fraction of sp³-hybridized carbons (Fsp3) is 0.444. The molecule has 1 saturated heterocycles. The normalized spacial score (nSPS) is 18.1. The van der Waals surface area contributed by atoms with Gasteiger partial charge in [0.05, 0.1) is 12.2 Å². The average Bonchev–Trinajstić information content (AvgIpc) is 3.00. The molecule has 1 atom stereocenters. The summed E-state index contributed by atoms with van der Waals surface area (Å²) < 4.78 is 2.00. The Morgan fingerprint density at radius 1 is 1.39 bits per heavy atom. The van der Waals surface area contributed by atoms with Crippen LogP contribution in [-0.4, -0.2) is 33.7 Å². The lowest BCUT2D eigenvalue weighted by Gasteiger charge is -2.33. The number of nitrogen functional groups attached to an aromatic ring is 1. The molecule has 0 aliphatic carbocycles. The fourth-order valence-electron chi connectivity index (χ4n) is 3.19. The maximum absolute atomic E-state index is 12.5. The number of hydrogen-bond acceptors (Lipinski definition) is 3. The van der Waals surface area contributed by atoms with E-state index in [0.717, 1.165) is 42.7 Å². The highest BCUT2D eigenvalue weighted by molar-refractivity contribution is 5.76. The number of nitrogens with zero attached hydrogens (tertiary/aromatic N) is 3. The van der Waals surface area contributed by atoms with Crippen molar-refractivity contribution in [3.63, 3.8) is 0 Å². The molecule has 1 amide bonds. The molecule has 1 fully saturated rings. The lowest BCUT2D eigenvalue weighted by molar-refractivity contribution is -0.132. The van der Waals surface area contributed by atoms with Crippen molar-refractivity contribution < 1.29 is 4.79 Å². The average molecular weight is 312 g/mol. The van der Waals surface area contributed by atoms with Crippen LogP contribution in [0.3, 0.4) is 0 Å². The SMILES string of the molecule is Cc1cnn(C2CCCN(C(=O)CCc3ccccc3N)C2)c1. The lowest BCUT2D eigenvalue weighted by atomic mass is 10.0. The van der Waals surface area contributed by atoms with Gasteiger partial charge in [-0.1, -0.05) is 18.2 Å². The van der Waals surface area contributed by atoms with Gasteiger partial charge in [-0.05, 0) is 43.4 Å². The number of rotatable bonds is 4. The van der Waals surface area contributed by atoms with Gasteiger partial charge in [-0.25, -0.2) is 0 Å². The van der Waals surface area contributed by atoms with Gasteiger partial charge in [0.2, 0.25) is 5.91 Å². The van der Waals surface area contributed by atoms with Crippen molar-refractivity contribution in [2.45, 2.75) is 38.6 Å². The number of para-hydroxylation sites is 1. The molecule has 5 nitrogen and oxygen atoms in total. The minimum absolute atomic E-state index is 0.210. The van der Waals surface area contributed by atoms with Gasteiger partial charge >= 0.3 is 0 Å². The van der Waals surface area contributed by atoms with E-state index in [-0.39, 0.29) is 5.91 Å². The fourth-order valence-corrected chi connectivity index (χ4v) is 3.19. The Bertz CT molecular complexity index is 679. The van der Waals surface area contributed by atoms with Crippen molar-refractivity contribution in [3.8, 4) is 0 Å². The predicted octanol–water partition coefficient (Wildman–Crippen LogP) is 2.57. The van der Waals surface area contributed by atoms with Crippen LogP contribution >= 0.6 is 0 Å². The van der Waals surface area contributed by atoms with E-state index >= 15 is 0 Å². The summed E-state index contributed by atoms with van der Waals surface area (Å²) in [6.07, 6.45) is 7.26. The van der Waals surface area contributed by atoms with Gasteiger partial charge in [0.25, 0.3) is 0 Å². The van der Waals surface area contributed by atoms with Gasteiger partial charge in [0.15, 0.2) is 0 Å². The first-order chi connectivity index (χ1) is 11.1. The van der Waals surface area contributed by atoms with Crippen molar-refractivity contribution in [2.24, 2.45) is 0 Å². The second-order valence-corrected chi connectivity index (χ2v) is 6.33. The number of benzene rings is 1. The van der Waals surface area contributed by atoms with E-state index in [2.05, 4.69) is 11.3 Å². The quantitative estimate of drug-likeness (QED) is 0.883. The monoisotopic (exact) mass is 312 g/mol. The predicted molar refractivity (Wildman–Crippen MR) is 91.0 cm³/mol. The number of amides is 1. The molecule has 23 heavy (non-hydrogen) atoms. The van der Waals surface area contributed by atoms with Gasteiger partial charge in [-0.15, -0.1) is 0 Å². The highest BCUT2D eigenvalue weighted by Gasteiger charge is 2.24. The van der Waals surface area contributed by atoms with E-state index in [4.69, 9.17) is 5.73 Å². The van der Waals surface area contributed by atoms with E-state index < -0.39 is 0 Å². The Morgan fingerprint density at radius 2 is 2.22 bits per heavy atom. The van der Waals surface area contributed by atoms with Crippen molar-refractivity contribution in [1.82, 2.24) is 14.7 Å². The van der Waals surface area contributed by atoms with Crippen LogP contribution in [0.25, 0.3) is 0 Å². The Kier molecular flexibility index (Phi) is 4.65. The summed E-state index contributed by atoms with van der Waals surface area (Å²) in [6.45, 7) is 3.64. The number of nitrogens with two attached hydrogens (primary N) is 1. The molecule has 0 bridgehead atoms. The van der Waals surface area contributed by atoms with Crippen molar-refractivity contribution >= 4 is 11.6 Å². The van der Waals surface area contributed by atoms with E-state index in [1.165, 1.54) is 0 Å². The summed E-state index contributed by atoms with van der Waals surface area (Å²) in [6, 6.07) is 8.06. The smallest absolute Gasteiger partial charge is 0.222 e. The molecule has 1 aliphatic rings. The molecule has 122 valence electrons. The van der Waals surface area contributed by atoms with Gasteiger partial charge in [-0.3, -0.25) is 9.48 Å². The number of likely N-dealkylation sites (tertiary alicyclic amines) is 1. The third kappa shape index (κ3) is 3.73. The third-order valence-corrected chi connectivity index (χ3v) is 4.52. The highest BCUT2D eigenvalue weighted by atomic mass is 16.2. The van der Waals surface area contributed by atoms with E-state index in [1.807, 2.05) is 47.0 Å². The number of hydrogen-bond donors (Lipinski definition) is 1. The molecular weight excluding hydrogens is 288 g/mol. The molecule has 5 heteroatoms. The number of anilines is 1. The van der Waals surface area contributed by atoms with Crippen LogP contribution in [0.5, 0.6) is 0 Å². The van der Waals surface area contributed by atoms with E-state index in [1.54, 1.807) is 0 Å². The van der Waals surface area contributed by atoms with Crippen LogP contribution in [0, 0.1) is 6.92 Å². The number of piperidine rings is 1. The molecular formula is C18H24N4O. The molecule has 1 unspecified atom stereocenters. The Balaban J connectivity index is 1.58. The molecule has 0 saturated carbocycles. The topological polar surface area (TPSA) is 64.2 Å². The lowest BCUT2D eigenvalue weighted by Crippen LogP contribution is -2.41. The van der Waals surface area contributed by atoms with Crippen molar-refractivity contribution in [3.05, 3.63) is 47.8 Å². The third-order valence-electron chi connectivity index (χ3n) is 4.52. The highest BCUT2D eigenvalue weighted by Crippen LogP contribution is 2.22. The van der Waals surface area contributed by atoms with Gasteiger partial charge in [0, 0.05) is 31.4 Å². The first kappa shape index (κ1) is 15.6. The Hall–Kier alpha value is -2.30. The van der Waals surface area contributed by atoms with Crippen LogP contribution in [0.4, 0.5) is 5.69 Å². The summed E-state index contributed by atoms with van der Waals surface area (Å²) in [5.41, 5.74) is 8.93. The van der Waals surface area contributed by atoms with Crippen molar-refractivity contribution in [1.29, 1.82) is 0 Å². The molecule has 2 N–H and O–H groups in total. The molecule has 3 rings (SSSR count). The summed E-state index contributed by atoms with van der Waals surface area (Å²) in [5.74, 6) is 0.210. The number of aromatic nitrogens is 2. The van der Waals surface area contributed by atoms with Gasteiger partial charge in [-0.2, -0.15) is 5.10 Å². The minimum atomic E-state index is 0.210.